The Hall–Kier alpha value is -1.98. The monoisotopic (exact) mass is 456 g/mol. The highest BCUT2D eigenvalue weighted by atomic mass is 35.5. The van der Waals surface area contributed by atoms with Crippen molar-refractivity contribution < 1.29 is 37.8 Å². The number of rotatable bonds is 4. The average molecular weight is 457 g/mol. The Labute approximate surface area is 175 Å². The summed E-state index contributed by atoms with van der Waals surface area (Å²) in [6, 6.07) is 5.50. The number of hydrogen-bond donors (Lipinski definition) is 4. The molecule has 1 heterocycles. The molecular formula is C17H20ClF3N2O5S. The Morgan fingerprint density at radius 1 is 1.21 bits per heavy atom. The van der Waals surface area contributed by atoms with Crippen LogP contribution in [-0.2, 0) is 9.59 Å². The molecule has 162 valence electrons. The predicted molar refractivity (Wildman–Crippen MR) is 102 cm³/mol. The number of thiol groups is 1. The lowest BCUT2D eigenvalue weighted by atomic mass is 9.88. The van der Waals surface area contributed by atoms with E-state index in [0.717, 1.165) is 13.1 Å². The van der Waals surface area contributed by atoms with E-state index in [9.17, 15) is 27.9 Å². The van der Waals surface area contributed by atoms with E-state index in [1.54, 1.807) is 24.3 Å². The Balaban J connectivity index is 0.000000516. The van der Waals surface area contributed by atoms with Gasteiger partial charge in [-0.15, -0.1) is 0 Å². The second-order valence-electron chi connectivity index (χ2n) is 6.43. The fraction of sp³-hybridized carbons (Fsp3) is 0.471. The second kappa shape index (κ2) is 10.2. The fourth-order valence-electron chi connectivity index (χ4n) is 2.57. The second-order valence-corrected chi connectivity index (χ2v) is 7.73. The third-order valence-electron chi connectivity index (χ3n) is 4.27. The summed E-state index contributed by atoms with van der Waals surface area (Å²) in [7, 11) is 1.98. The number of aliphatic carboxylic acids is 2. The van der Waals surface area contributed by atoms with Gasteiger partial charge in [0.2, 0.25) is 0 Å². The first-order valence-electron chi connectivity index (χ1n) is 8.27. The molecule has 12 heteroatoms. The molecule has 0 spiro atoms. The molecule has 1 aliphatic heterocycles. The van der Waals surface area contributed by atoms with Crippen LogP contribution in [0.5, 0.6) is 0 Å². The van der Waals surface area contributed by atoms with Gasteiger partial charge in [0.15, 0.2) is 0 Å². The molecule has 1 aromatic rings. The number of nitrogens with zero attached hydrogens (tertiary/aromatic N) is 1. The van der Waals surface area contributed by atoms with E-state index in [4.69, 9.17) is 21.5 Å². The molecule has 2 rings (SSSR count). The molecule has 1 amide bonds. The number of carbonyl (C=O) groups excluding carboxylic acids is 1. The van der Waals surface area contributed by atoms with Crippen molar-refractivity contribution in [3.63, 3.8) is 0 Å². The number of likely N-dealkylation sites (tertiary alicyclic amines) is 1. The van der Waals surface area contributed by atoms with Gasteiger partial charge in [0.1, 0.15) is 6.04 Å². The van der Waals surface area contributed by atoms with Gasteiger partial charge in [0, 0.05) is 4.75 Å². The third-order valence-corrected chi connectivity index (χ3v) is 5.31. The molecule has 3 N–H and O–H groups in total. The summed E-state index contributed by atoms with van der Waals surface area (Å²) >= 11 is 10.6. The van der Waals surface area contributed by atoms with E-state index in [1.165, 1.54) is 0 Å². The van der Waals surface area contributed by atoms with Crippen LogP contribution < -0.4 is 5.32 Å². The maximum atomic E-state index is 12.3. The topological polar surface area (TPSA) is 107 Å². The standard InChI is InChI=1S/C15H19ClN2O3S.C2HF3O2/c1-18-8-6-15(22,7-9-18)12(14(20)21)17-13(19)10-4-2-3-5-11(10)16;3-2(4,5)1(6)7/h2-5,12,22H,6-9H2,1H3,(H,17,19)(H,20,21);(H,6,7)/t12-;/m1./s1. The predicted octanol–water partition coefficient (Wildman–Crippen LogP) is 2.55. The first-order chi connectivity index (χ1) is 13.3. The maximum absolute atomic E-state index is 12.3. The molecule has 1 saturated heterocycles. The van der Waals surface area contributed by atoms with Crippen LogP contribution in [0.1, 0.15) is 23.2 Å². The van der Waals surface area contributed by atoms with Gasteiger partial charge in [-0.2, -0.15) is 25.8 Å². The first kappa shape index (κ1) is 25.1. The molecule has 1 atom stereocenters. The molecule has 0 aromatic heterocycles. The third kappa shape index (κ3) is 7.41. The number of carboxylic acid groups (broad SMARTS) is 2. The minimum Gasteiger partial charge on any atom is -0.480 e. The minimum absolute atomic E-state index is 0.264. The Kier molecular flexibility index (Phi) is 8.79. The summed E-state index contributed by atoms with van der Waals surface area (Å²) in [4.78, 5) is 35.0. The van der Waals surface area contributed by atoms with E-state index in [1.807, 2.05) is 7.05 Å². The lowest BCUT2D eigenvalue weighted by Crippen LogP contribution is -2.57. The summed E-state index contributed by atoms with van der Waals surface area (Å²) in [5.74, 6) is -4.34. The molecule has 1 aliphatic rings. The Morgan fingerprint density at radius 3 is 2.10 bits per heavy atom. The van der Waals surface area contributed by atoms with Gasteiger partial charge in [-0.25, -0.2) is 9.59 Å². The number of carboxylic acids is 2. The van der Waals surface area contributed by atoms with Crippen LogP contribution >= 0.6 is 24.2 Å². The van der Waals surface area contributed by atoms with Crippen LogP contribution in [0.15, 0.2) is 24.3 Å². The molecular weight excluding hydrogens is 437 g/mol. The highest BCUT2D eigenvalue weighted by Crippen LogP contribution is 2.32. The Bertz CT molecular complexity index is 755. The van der Waals surface area contributed by atoms with Gasteiger partial charge in [0.05, 0.1) is 10.6 Å². The van der Waals surface area contributed by atoms with Crippen LogP contribution in [-0.4, -0.2) is 70.1 Å². The van der Waals surface area contributed by atoms with Crippen molar-refractivity contribution in [2.75, 3.05) is 20.1 Å². The first-order valence-corrected chi connectivity index (χ1v) is 9.09. The summed E-state index contributed by atoms with van der Waals surface area (Å²) in [5.41, 5.74) is 0.264. The van der Waals surface area contributed by atoms with Gasteiger partial charge < -0.3 is 20.4 Å². The van der Waals surface area contributed by atoms with Crippen molar-refractivity contribution in [3.8, 4) is 0 Å². The molecule has 0 aliphatic carbocycles. The van der Waals surface area contributed by atoms with Gasteiger partial charge in [-0.3, -0.25) is 4.79 Å². The minimum atomic E-state index is -5.08. The molecule has 1 aromatic carbocycles. The molecule has 0 unspecified atom stereocenters. The molecule has 0 saturated carbocycles. The summed E-state index contributed by atoms with van der Waals surface area (Å²) in [6.07, 6.45) is -3.90. The van der Waals surface area contributed by atoms with Crippen molar-refractivity contribution in [3.05, 3.63) is 34.9 Å². The van der Waals surface area contributed by atoms with E-state index < -0.39 is 34.8 Å². The summed E-state index contributed by atoms with van der Waals surface area (Å²) in [6.45, 7) is 1.49. The van der Waals surface area contributed by atoms with Gasteiger partial charge in [-0.1, -0.05) is 23.7 Å². The highest BCUT2D eigenvalue weighted by molar-refractivity contribution is 7.82. The van der Waals surface area contributed by atoms with Gasteiger partial charge >= 0.3 is 18.1 Å². The molecule has 0 radical (unpaired) electrons. The van der Waals surface area contributed by atoms with E-state index in [2.05, 4.69) is 22.8 Å². The zero-order valence-electron chi connectivity index (χ0n) is 15.2. The zero-order valence-corrected chi connectivity index (χ0v) is 16.9. The van der Waals surface area contributed by atoms with Crippen molar-refractivity contribution in [2.45, 2.75) is 29.8 Å². The number of halogens is 4. The van der Waals surface area contributed by atoms with Gasteiger partial charge in [0.25, 0.3) is 5.91 Å². The SMILES string of the molecule is CN1CCC(S)([C@H](NC(=O)c2ccccc2Cl)C(=O)O)CC1.O=C(O)C(F)(F)F. The normalized spacial score (nSPS) is 17.4. The van der Waals surface area contributed by atoms with Gasteiger partial charge in [-0.05, 0) is 45.1 Å². The van der Waals surface area contributed by atoms with Crippen molar-refractivity contribution in [1.29, 1.82) is 0 Å². The van der Waals surface area contributed by atoms with Crippen LogP contribution in [0.4, 0.5) is 13.2 Å². The largest absolute Gasteiger partial charge is 0.490 e. The Morgan fingerprint density at radius 2 is 1.69 bits per heavy atom. The number of nitrogens with one attached hydrogen (secondary N) is 1. The van der Waals surface area contributed by atoms with E-state index in [0.29, 0.717) is 17.9 Å². The molecule has 29 heavy (non-hydrogen) atoms. The van der Waals surface area contributed by atoms with Crippen LogP contribution in [0.3, 0.4) is 0 Å². The van der Waals surface area contributed by atoms with Crippen molar-refractivity contribution in [2.24, 2.45) is 0 Å². The lowest BCUT2D eigenvalue weighted by molar-refractivity contribution is -0.192. The highest BCUT2D eigenvalue weighted by Gasteiger charge is 2.43. The van der Waals surface area contributed by atoms with E-state index >= 15 is 0 Å². The van der Waals surface area contributed by atoms with Crippen molar-refractivity contribution >= 4 is 42.1 Å². The molecule has 7 nitrogen and oxygen atoms in total. The van der Waals surface area contributed by atoms with E-state index in [-0.39, 0.29) is 5.56 Å². The smallest absolute Gasteiger partial charge is 0.480 e. The number of benzene rings is 1. The van der Waals surface area contributed by atoms with Crippen LogP contribution in [0.25, 0.3) is 0 Å². The maximum Gasteiger partial charge on any atom is 0.490 e. The fourth-order valence-corrected chi connectivity index (χ4v) is 3.17. The lowest BCUT2D eigenvalue weighted by Gasteiger charge is -2.40. The number of piperidine rings is 1. The molecule has 0 bridgehead atoms. The number of alkyl halides is 3. The summed E-state index contributed by atoms with van der Waals surface area (Å²) < 4.78 is 31.0. The zero-order chi connectivity index (χ0) is 22.4. The number of hydrogen-bond acceptors (Lipinski definition) is 5. The van der Waals surface area contributed by atoms with Crippen molar-refractivity contribution in [1.82, 2.24) is 10.2 Å². The summed E-state index contributed by atoms with van der Waals surface area (Å²) in [5, 5.41) is 19.5. The quantitative estimate of drug-likeness (QED) is 0.519. The van der Waals surface area contributed by atoms with Crippen LogP contribution in [0, 0.1) is 0 Å². The van der Waals surface area contributed by atoms with Crippen LogP contribution in [0.2, 0.25) is 5.02 Å². The molecule has 1 fully saturated rings. The average Bonchev–Trinajstić information content (AvgIpc) is 2.62. The number of carbonyl (C=O) groups is 3. The number of amides is 1.